The van der Waals surface area contributed by atoms with E-state index in [1.807, 2.05) is 0 Å². The number of nitrogens with two attached hydrogens (primary N) is 1. The van der Waals surface area contributed by atoms with Gasteiger partial charge in [-0.2, -0.15) is 13.2 Å². The highest BCUT2D eigenvalue weighted by atomic mass is 32.1. The average Bonchev–Trinajstić information content (AvgIpc) is 2.93. The number of alkyl halides is 3. The van der Waals surface area contributed by atoms with Gasteiger partial charge in [0.1, 0.15) is 5.01 Å². The van der Waals surface area contributed by atoms with Gasteiger partial charge < -0.3 is 5.73 Å². The van der Waals surface area contributed by atoms with E-state index >= 15 is 0 Å². The third-order valence-electron chi connectivity index (χ3n) is 4.23. The number of benzene rings is 1. The first-order valence-electron chi connectivity index (χ1n) is 6.54. The van der Waals surface area contributed by atoms with Crippen molar-refractivity contribution in [2.75, 3.05) is 0 Å². The van der Waals surface area contributed by atoms with Crippen LogP contribution in [-0.4, -0.2) is 11.0 Å². The van der Waals surface area contributed by atoms with E-state index in [9.17, 15) is 13.2 Å². The molecule has 2 nitrogen and oxygen atoms in total. The minimum atomic E-state index is -4.33. The number of thiazole rings is 1. The number of nitrogens with zero attached hydrogens (tertiary/aromatic N) is 1. The van der Waals surface area contributed by atoms with Crippen LogP contribution in [0.5, 0.6) is 0 Å². The minimum Gasteiger partial charge on any atom is -0.327 e. The summed E-state index contributed by atoms with van der Waals surface area (Å²) in [5.41, 5.74) is 5.71. The van der Waals surface area contributed by atoms with E-state index in [2.05, 4.69) is 11.9 Å². The molecule has 0 amide bonds. The summed E-state index contributed by atoms with van der Waals surface area (Å²) in [7, 11) is 0. The van der Waals surface area contributed by atoms with Crippen molar-refractivity contribution < 1.29 is 13.2 Å². The number of aromatic nitrogens is 1. The maximum Gasteiger partial charge on any atom is 0.416 e. The molecule has 1 aliphatic carbocycles. The number of hydrogen-bond acceptors (Lipinski definition) is 3. The van der Waals surface area contributed by atoms with Gasteiger partial charge in [0.05, 0.1) is 15.8 Å². The standard InChI is InChI=1S/C14H15F3N2S/c1-13(6-2-3-11(13)18)12-19-9-7-8(14(15,16)17)4-5-10(9)20-12/h4-5,7,11H,2-3,6,18H2,1H3. The largest absolute Gasteiger partial charge is 0.416 e. The molecule has 2 atom stereocenters. The summed E-state index contributed by atoms with van der Waals surface area (Å²) in [5, 5.41) is 0.858. The van der Waals surface area contributed by atoms with Crippen LogP contribution in [0, 0.1) is 0 Å². The van der Waals surface area contributed by atoms with Gasteiger partial charge in [-0.1, -0.05) is 13.3 Å². The Kier molecular flexibility index (Phi) is 3.06. The Labute approximate surface area is 118 Å². The van der Waals surface area contributed by atoms with Crippen molar-refractivity contribution in [2.45, 2.75) is 43.8 Å². The monoisotopic (exact) mass is 300 g/mol. The van der Waals surface area contributed by atoms with E-state index in [1.165, 1.54) is 17.4 Å². The molecular weight excluding hydrogens is 285 g/mol. The minimum absolute atomic E-state index is 0.0325. The lowest BCUT2D eigenvalue weighted by molar-refractivity contribution is -0.137. The van der Waals surface area contributed by atoms with Crippen molar-refractivity contribution in [1.82, 2.24) is 4.98 Å². The van der Waals surface area contributed by atoms with E-state index in [-0.39, 0.29) is 11.5 Å². The van der Waals surface area contributed by atoms with Crippen LogP contribution in [0.25, 0.3) is 10.2 Å². The van der Waals surface area contributed by atoms with E-state index in [0.29, 0.717) is 5.52 Å². The van der Waals surface area contributed by atoms with Gasteiger partial charge in [0.15, 0.2) is 0 Å². The molecule has 1 fully saturated rings. The first kappa shape index (κ1) is 13.8. The fraction of sp³-hybridized carbons (Fsp3) is 0.500. The predicted molar refractivity (Wildman–Crippen MR) is 73.8 cm³/mol. The first-order chi connectivity index (χ1) is 9.30. The zero-order valence-corrected chi connectivity index (χ0v) is 11.8. The quantitative estimate of drug-likeness (QED) is 0.861. The molecule has 0 bridgehead atoms. The molecule has 3 rings (SSSR count). The molecule has 1 aromatic carbocycles. The third-order valence-corrected chi connectivity index (χ3v) is 5.55. The van der Waals surface area contributed by atoms with Gasteiger partial charge >= 0.3 is 6.18 Å². The normalized spacial score (nSPS) is 27.4. The third kappa shape index (κ3) is 2.11. The second-order valence-electron chi connectivity index (χ2n) is 5.62. The molecule has 108 valence electrons. The summed E-state index contributed by atoms with van der Waals surface area (Å²) in [6, 6.07) is 3.77. The van der Waals surface area contributed by atoms with Gasteiger partial charge in [0.2, 0.25) is 0 Å². The Bertz CT molecular complexity index is 649. The zero-order chi connectivity index (χ0) is 14.5. The zero-order valence-electron chi connectivity index (χ0n) is 11.0. The molecule has 0 radical (unpaired) electrons. The molecule has 0 spiro atoms. The van der Waals surface area contributed by atoms with Gasteiger partial charge in [-0.3, -0.25) is 0 Å². The molecular formula is C14H15F3N2S. The molecule has 1 saturated carbocycles. The molecule has 2 N–H and O–H groups in total. The van der Waals surface area contributed by atoms with Crippen LogP contribution in [0.1, 0.15) is 36.8 Å². The van der Waals surface area contributed by atoms with Gasteiger partial charge in [-0.15, -0.1) is 11.3 Å². The van der Waals surface area contributed by atoms with Crippen LogP contribution >= 0.6 is 11.3 Å². The van der Waals surface area contributed by atoms with E-state index in [4.69, 9.17) is 5.73 Å². The number of halogens is 3. The van der Waals surface area contributed by atoms with Crippen molar-refractivity contribution in [3.05, 3.63) is 28.8 Å². The van der Waals surface area contributed by atoms with Crippen molar-refractivity contribution in [2.24, 2.45) is 5.73 Å². The average molecular weight is 300 g/mol. The highest BCUT2D eigenvalue weighted by Crippen LogP contribution is 2.43. The fourth-order valence-electron chi connectivity index (χ4n) is 2.81. The SMILES string of the molecule is CC1(c2nc3cc(C(F)(F)F)ccc3s2)CCCC1N. The van der Waals surface area contributed by atoms with Gasteiger partial charge in [-0.25, -0.2) is 4.98 Å². The van der Waals surface area contributed by atoms with Crippen LogP contribution in [0.4, 0.5) is 13.2 Å². The molecule has 1 heterocycles. The predicted octanol–water partition coefficient (Wildman–Crippen LogP) is 4.08. The molecule has 2 unspecified atom stereocenters. The summed E-state index contributed by atoms with van der Waals surface area (Å²) < 4.78 is 38.9. The topological polar surface area (TPSA) is 38.9 Å². The molecule has 6 heteroatoms. The van der Waals surface area contributed by atoms with Crippen LogP contribution < -0.4 is 5.73 Å². The van der Waals surface area contributed by atoms with Crippen LogP contribution in [0.15, 0.2) is 18.2 Å². The van der Waals surface area contributed by atoms with Gasteiger partial charge in [-0.05, 0) is 31.0 Å². The lowest BCUT2D eigenvalue weighted by atomic mass is 9.86. The molecule has 20 heavy (non-hydrogen) atoms. The van der Waals surface area contributed by atoms with Gasteiger partial charge in [0.25, 0.3) is 0 Å². The Morgan fingerprint density at radius 1 is 1.40 bits per heavy atom. The number of rotatable bonds is 1. The van der Waals surface area contributed by atoms with E-state index in [1.54, 1.807) is 0 Å². The molecule has 0 saturated heterocycles. The Morgan fingerprint density at radius 3 is 2.75 bits per heavy atom. The highest BCUT2D eigenvalue weighted by Gasteiger charge is 2.40. The second kappa shape index (κ2) is 4.43. The number of hydrogen-bond donors (Lipinski definition) is 1. The maximum absolute atomic E-state index is 12.7. The smallest absolute Gasteiger partial charge is 0.327 e. The summed E-state index contributed by atoms with van der Waals surface area (Å²) in [6.07, 6.45) is -1.40. The molecule has 1 aliphatic rings. The fourth-order valence-corrected chi connectivity index (χ4v) is 3.99. The highest BCUT2D eigenvalue weighted by molar-refractivity contribution is 7.18. The summed E-state index contributed by atoms with van der Waals surface area (Å²) >= 11 is 1.46. The van der Waals surface area contributed by atoms with Crippen LogP contribution in [0.2, 0.25) is 0 Å². The maximum atomic E-state index is 12.7. The van der Waals surface area contributed by atoms with Crippen LogP contribution in [0.3, 0.4) is 0 Å². The van der Waals surface area contributed by atoms with Crippen LogP contribution in [-0.2, 0) is 11.6 Å². The summed E-state index contributed by atoms with van der Waals surface area (Å²) in [4.78, 5) is 4.43. The summed E-state index contributed by atoms with van der Waals surface area (Å²) in [6.45, 7) is 2.06. The molecule has 0 aliphatic heterocycles. The van der Waals surface area contributed by atoms with Crippen molar-refractivity contribution >= 4 is 21.6 Å². The molecule has 1 aromatic heterocycles. The lowest BCUT2D eigenvalue weighted by Crippen LogP contribution is -2.38. The van der Waals surface area contributed by atoms with E-state index in [0.717, 1.165) is 41.1 Å². The Morgan fingerprint density at radius 2 is 2.15 bits per heavy atom. The van der Waals surface area contributed by atoms with Crippen molar-refractivity contribution in [3.63, 3.8) is 0 Å². The summed E-state index contributed by atoms with van der Waals surface area (Å²) in [5.74, 6) is 0. The second-order valence-corrected chi connectivity index (χ2v) is 6.65. The van der Waals surface area contributed by atoms with E-state index < -0.39 is 11.7 Å². The molecule has 2 aromatic rings. The number of fused-ring (bicyclic) bond motifs is 1. The first-order valence-corrected chi connectivity index (χ1v) is 7.36. The van der Waals surface area contributed by atoms with Crippen molar-refractivity contribution in [1.29, 1.82) is 0 Å². The van der Waals surface area contributed by atoms with Gasteiger partial charge in [0, 0.05) is 11.5 Å². The van der Waals surface area contributed by atoms with Crippen molar-refractivity contribution in [3.8, 4) is 0 Å². The Balaban J connectivity index is 2.07. The Hall–Kier alpha value is -1.14. The lowest BCUT2D eigenvalue weighted by Gasteiger charge is -2.26.